The van der Waals surface area contributed by atoms with Crippen molar-refractivity contribution in [1.29, 1.82) is 0 Å². The van der Waals surface area contributed by atoms with E-state index in [0.29, 0.717) is 22.9 Å². The van der Waals surface area contributed by atoms with Crippen LogP contribution in [-0.2, 0) is 21.4 Å². The number of aliphatic carboxylic acids is 1. The molecule has 0 bridgehead atoms. The topological polar surface area (TPSA) is 79.6 Å². The molecule has 9 heteroatoms. The van der Waals surface area contributed by atoms with E-state index in [-0.39, 0.29) is 13.1 Å². The van der Waals surface area contributed by atoms with Gasteiger partial charge < -0.3 is 9.67 Å². The number of nitrogens with zero attached hydrogens (tertiary/aromatic N) is 2. The number of thioether (sulfide) groups is 1. The maximum atomic E-state index is 13.1. The van der Waals surface area contributed by atoms with Crippen LogP contribution in [0.25, 0.3) is 16.5 Å². The highest BCUT2D eigenvalue weighted by Gasteiger charge is 2.27. The van der Waals surface area contributed by atoms with Crippen molar-refractivity contribution in [2.45, 2.75) is 29.7 Å². The van der Waals surface area contributed by atoms with Crippen LogP contribution in [0.3, 0.4) is 0 Å². The minimum Gasteiger partial charge on any atom is -0.480 e. The lowest BCUT2D eigenvalue weighted by molar-refractivity contribution is -0.137. The number of hydrogen-bond acceptors (Lipinski definition) is 4. The van der Waals surface area contributed by atoms with Gasteiger partial charge in [0.15, 0.2) is 0 Å². The molecule has 0 saturated carbocycles. The zero-order valence-electron chi connectivity index (χ0n) is 17.5. The summed E-state index contributed by atoms with van der Waals surface area (Å²) in [6.45, 7) is 2.51. The van der Waals surface area contributed by atoms with Crippen molar-refractivity contribution in [2.24, 2.45) is 0 Å². The maximum absolute atomic E-state index is 13.1. The zero-order chi connectivity index (χ0) is 22.9. The van der Waals surface area contributed by atoms with Crippen LogP contribution >= 0.6 is 23.4 Å². The number of benzene rings is 2. The number of carbonyl (C=O) groups is 1. The van der Waals surface area contributed by atoms with Gasteiger partial charge in [0, 0.05) is 45.7 Å². The number of fused-ring (bicyclic) bond motifs is 1. The molecule has 0 atom stereocenters. The van der Waals surface area contributed by atoms with Gasteiger partial charge in [-0.05, 0) is 60.2 Å². The van der Waals surface area contributed by atoms with Gasteiger partial charge in [0.1, 0.15) is 6.54 Å². The highest BCUT2D eigenvalue weighted by molar-refractivity contribution is 7.99. The lowest BCUT2D eigenvalue weighted by Crippen LogP contribution is -2.34. The first-order valence-corrected chi connectivity index (χ1v) is 13.0. The predicted molar refractivity (Wildman–Crippen MR) is 129 cm³/mol. The van der Waals surface area contributed by atoms with Crippen molar-refractivity contribution in [2.75, 3.05) is 18.8 Å². The van der Waals surface area contributed by atoms with Crippen LogP contribution in [0.4, 0.5) is 0 Å². The van der Waals surface area contributed by atoms with E-state index in [9.17, 15) is 18.3 Å². The molecule has 0 aliphatic carbocycles. The van der Waals surface area contributed by atoms with Crippen molar-refractivity contribution >= 4 is 55.8 Å². The quantitative estimate of drug-likeness (QED) is 0.473. The van der Waals surface area contributed by atoms with Gasteiger partial charge in [-0.2, -0.15) is 4.31 Å². The van der Waals surface area contributed by atoms with E-state index in [2.05, 4.69) is 6.92 Å². The summed E-state index contributed by atoms with van der Waals surface area (Å²) in [7, 11) is -3.58. The van der Waals surface area contributed by atoms with Gasteiger partial charge in [0.05, 0.1) is 4.90 Å². The van der Waals surface area contributed by atoms with E-state index in [1.54, 1.807) is 34.5 Å². The molecule has 2 aromatic carbocycles. The van der Waals surface area contributed by atoms with Crippen LogP contribution in [0.5, 0.6) is 0 Å². The predicted octanol–water partition coefficient (Wildman–Crippen LogP) is 4.97. The number of halogens is 1. The summed E-state index contributed by atoms with van der Waals surface area (Å²) in [5.74, 6) is 0.00140. The van der Waals surface area contributed by atoms with Gasteiger partial charge in [-0.1, -0.05) is 24.6 Å². The van der Waals surface area contributed by atoms with Crippen LogP contribution in [-0.4, -0.2) is 47.2 Å². The molecule has 1 aliphatic rings. The van der Waals surface area contributed by atoms with Gasteiger partial charge in [-0.15, -0.1) is 11.8 Å². The van der Waals surface area contributed by atoms with E-state index in [1.807, 2.05) is 36.5 Å². The lowest BCUT2D eigenvalue weighted by Gasteiger charge is -2.26. The fourth-order valence-corrected chi connectivity index (χ4v) is 6.15. The fraction of sp³-hybridized carbons (Fsp3) is 0.261. The molecular formula is C23H23ClN2O4S2. The third-order valence-electron chi connectivity index (χ3n) is 5.44. The Labute approximate surface area is 196 Å². The zero-order valence-corrected chi connectivity index (χ0v) is 19.9. The highest BCUT2D eigenvalue weighted by atomic mass is 35.5. The Bertz CT molecular complexity index is 1300. The molecule has 1 aliphatic heterocycles. The smallest absolute Gasteiger partial charge is 0.323 e. The molecule has 6 nitrogen and oxygen atoms in total. The number of hydrogen-bond donors (Lipinski definition) is 1. The largest absolute Gasteiger partial charge is 0.480 e. The molecule has 32 heavy (non-hydrogen) atoms. The van der Waals surface area contributed by atoms with Gasteiger partial charge in [-0.25, -0.2) is 8.42 Å². The summed E-state index contributed by atoms with van der Waals surface area (Å²) in [5, 5.41) is 10.7. The Kier molecular flexibility index (Phi) is 6.67. The molecule has 0 saturated heterocycles. The summed E-state index contributed by atoms with van der Waals surface area (Å²) < 4.78 is 29.3. The number of sulfonamides is 1. The normalized spacial score (nSPS) is 15.1. The van der Waals surface area contributed by atoms with E-state index in [4.69, 9.17) is 11.6 Å². The van der Waals surface area contributed by atoms with Gasteiger partial charge >= 0.3 is 5.97 Å². The third-order valence-corrected chi connectivity index (χ3v) is 8.45. The maximum Gasteiger partial charge on any atom is 0.323 e. The average molecular weight is 491 g/mol. The third kappa shape index (κ3) is 4.59. The van der Waals surface area contributed by atoms with Crippen molar-refractivity contribution in [1.82, 2.24) is 8.87 Å². The minimum absolute atomic E-state index is 0.155. The Morgan fingerprint density at radius 3 is 2.56 bits per heavy atom. The summed E-state index contributed by atoms with van der Waals surface area (Å²) in [5.41, 5.74) is 2.66. The molecule has 1 N–H and O–H groups in total. The molecule has 0 spiro atoms. The standard InChI is InChI=1S/C23H23ClN2O4S2/c1-2-31-18-4-6-19(7-5-18)32(29,30)26-11-9-16(10-12-26)21-14-25(15-23(27)28)22-8-3-17(24)13-20(21)22/h3-9,13-14H,2,10-12,15H2,1H3,(H,27,28). The lowest BCUT2D eigenvalue weighted by atomic mass is 10.00. The molecule has 168 valence electrons. The fourth-order valence-electron chi connectivity index (χ4n) is 3.94. The Morgan fingerprint density at radius 2 is 1.94 bits per heavy atom. The molecule has 0 unspecified atom stereocenters. The number of aromatic nitrogens is 1. The molecule has 0 fully saturated rings. The Balaban J connectivity index is 1.61. The Hall–Kier alpha value is -2.26. The average Bonchev–Trinajstić information content (AvgIpc) is 3.11. The van der Waals surface area contributed by atoms with Crippen LogP contribution < -0.4 is 0 Å². The van der Waals surface area contributed by atoms with E-state index in [1.165, 1.54) is 4.31 Å². The second kappa shape index (κ2) is 9.31. The van der Waals surface area contributed by atoms with E-state index >= 15 is 0 Å². The number of rotatable bonds is 7. The second-order valence-electron chi connectivity index (χ2n) is 7.47. The van der Waals surface area contributed by atoms with Crippen LogP contribution in [0.2, 0.25) is 5.02 Å². The van der Waals surface area contributed by atoms with Crippen molar-refractivity contribution < 1.29 is 18.3 Å². The van der Waals surface area contributed by atoms with Crippen molar-refractivity contribution in [3.8, 4) is 0 Å². The first kappa shape index (κ1) is 22.9. The van der Waals surface area contributed by atoms with Crippen molar-refractivity contribution in [3.63, 3.8) is 0 Å². The summed E-state index contributed by atoms with van der Waals surface area (Å²) in [4.78, 5) is 12.6. The summed E-state index contributed by atoms with van der Waals surface area (Å²) in [6, 6.07) is 12.4. The monoisotopic (exact) mass is 490 g/mol. The number of carboxylic acid groups (broad SMARTS) is 1. The molecule has 1 aromatic heterocycles. The van der Waals surface area contributed by atoms with E-state index in [0.717, 1.165) is 32.7 Å². The summed E-state index contributed by atoms with van der Waals surface area (Å²) >= 11 is 7.86. The van der Waals surface area contributed by atoms with Gasteiger partial charge in [0.2, 0.25) is 10.0 Å². The Morgan fingerprint density at radius 1 is 1.19 bits per heavy atom. The molecular weight excluding hydrogens is 468 g/mol. The summed E-state index contributed by atoms with van der Waals surface area (Å²) in [6.07, 6.45) is 4.25. The van der Waals surface area contributed by atoms with Crippen LogP contribution in [0, 0.1) is 0 Å². The van der Waals surface area contributed by atoms with E-state index < -0.39 is 16.0 Å². The van der Waals surface area contributed by atoms with Crippen molar-refractivity contribution in [3.05, 3.63) is 65.3 Å². The first-order chi connectivity index (χ1) is 15.3. The minimum atomic E-state index is -3.58. The van der Waals surface area contributed by atoms with Gasteiger partial charge in [-0.3, -0.25) is 4.79 Å². The van der Waals surface area contributed by atoms with Crippen LogP contribution in [0.15, 0.2) is 64.5 Å². The molecule has 2 heterocycles. The molecule has 4 rings (SSSR count). The molecule has 3 aromatic rings. The SMILES string of the molecule is CCSc1ccc(S(=O)(=O)N2CC=C(c3cn(CC(=O)O)c4ccc(Cl)cc34)CC2)cc1. The molecule has 0 radical (unpaired) electrons. The second-order valence-corrected chi connectivity index (χ2v) is 11.2. The van der Waals surface area contributed by atoms with Crippen LogP contribution in [0.1, 0.15) is 18.9 Å². The molecule has 0 amide bonds. The van der Waals surface area contributed by atoms with Gasteiger partial charge in [0.25, 0.3) is 0 Å². The first-order valence-electron chi connectivity index (χ1n) is 10.2. The number of carboxylic acids is 1. The highest BCUT2D eigenvalue weighted by Crippen LogP contribution is 2.34.